The molecule has 5 saturated carbocycles. The predicted octanol–water partition coefficient (Wildman–Crippen LogP) is 16.3. The van der Waals surface area contributed by atoms with Crippen molar-refractivity contribution in [1.82, 2.24) is 0 Å². The van der Waals surface area contributed by atoms with Crippen LogP contribution in [0.4, 0.5) is 34.1 Å². The Kier molecular flexibility index (Phi) is 9.12. The summed E-state index contributed by atoms with van der Waals surface area (Å²) in [5, 5.41) is 2.31. The number of para-hydroxylation sites is 3. The summed E-state index contributed by atoms with van der Waals surface area (Å²) in [6.07, 6.45) is 13.5. The standard InChI is InChI=1S/C58H54N2O/c1-4-12-42(13-5-1)43-20-26-50(27-21-43)59(48-14-6-2-7-15-48)51-28-22-44(23-29-51)58(46-35-40-34-41(37-46)38-47(58)36-40)45-24-30-52(31-25-45)60(49-16-8-3-9-17-49)53-32-33-55-54-18-10-11-19-56(54)61-57(55)39-53/h2-3,6-11,14-33,39-42,46-47H,1,4-5,12-13,34-38H2. The zero-order chi connectivity index (χ0) is 40.3. The van der Waals surface area contributed by atoms with Crippen molar-refractivity contribution < 1.29 is 4.42 Å². The van der Waals surface area contributed by atoms with Gasteiger partial charge in [-0.2, -0.15) is 0 Å². The van der Waals surface area contributed by atoms with Gasteiger partial charge in [0, 0.05) is 56.4 Å². The highest BCUT2D eigenvalue weighted by Crippen LogP contribution is 2.65. The lowest BCUT2D eigenvalue weighted by Gasteiger charge is -2.62. The van der Waals surface area contributed by atoms with E-state index in [9.17, 15) is 0 Å². The number of anilines is 6. The van der Waals surface area contributed by atoms with Gasteiger partial charge in [0.1, 0.15) is 11.2 Å². The van der Waals surface area contributed by atoms with Gasteiger partial charge in [-0.05, 0) is 170 Å². The average molecular weight is 795 g/mol. The molecule has 0 atom stereocenters. The number of hydrogen-bond donors (Lipinski definition) is 0. The first-order valence-electron chi connectivity index (χ1n) is 23.1. The van der Waals surface area contributed by atoms with Crippen molar-refractivity contribution in [3.05, 3.63) is 193 Å². The summed E-state index contributed by atoms with van der Waals surface area (Å²) in [7, 11) is 0. The van der Waals surface area contributed by atoms with Crippen LogP contribution in [-0.2, 0) is 5.41 Å². The molecule has 1 heterocycles. The van der Waals surface area contributed by atoms with Crippen LogP contribution in [0.3, 0.4) is 0 Å². The van der Waals surface area contributed by atoms with Gasteiger partial charge in [-0.25, -0.2) is 0 Å². The monoisotopic (exact) mass is 794 g/mol. The molecule has 61 heavy (non-hydrogen) atoms. The first-order chi connectivity index (χ1) is 30.2. The van der Waals surface area contributed by atoms with E-state index >= 15 is 0 Å². The van der Waals surface area contributed by atoms with Gasteiger partial charge in [0.15, 0.2) is 0 Å². The van der Waals surface area contributed by atoms with Crippen molar-refractivity contribution in [2.75, 3.05) is 9.80 Å². The van der Waals surface area contributed by atoms with E-state index in [-0.39, 0.29) is 5.41 Å². The molecule has 0 radical (unpaired) electrons. The second-order valence-corrected chi connectivity index (χ2v) is 18.8. The molecule has 4 bridgehead atoms. The van der Waals surface area contributed by atoms with Gasteiger partial charge in [0.2, 0.25) is 0 Å². The molecule has 5 fully saturated rings. The number of fused-ring (bicyclic) bond motifs is 3. The first-order valence-corrected chi connectivity index (χ1v) is 23.1. The first kappa shape index (κ1) is 36.8. The molecule has 13 rings (SSSR count). The molecule has 5 aliphatic rings. The molecule has 0 N–H and O–H groups in total. The number of benzene rings is 7. The van der Waals surface area contributed by atoms with Gasteiger partial charge < -0.3 is 14.2 Å². The molecule has 8 aromatic rings. The third kappa shape index (κ3) is 6.30. The van der Waals surface area contributed by atoms with E-state index in [1.807, 2.05) is 6.07 Å². The van der Waals surface area contributed by atoms with Crippen LogP contribution in [-0.4, -0.2) is 0 Å². The van der Waals surface area contributed by atoms with Crippen LogP contribution in [0.5, 0.6) is 0 Å². The van der Waals surface area contributed by atoms with Gasteiger partial charge in [0.25, 0.3) is 0 Å². The lowest BCUT2D eigenvalue weighted by Crippen LogP contribution is -2.56. The van der Waals surface area contributed by atoms with Crippen LogP contribution in [0.1, 0.15) is 86.8 Å². The second-order valence-electron chi connectivity index (χ2n) is 18.8. The maximum absolute atomic E-state index is 6.40. The van der Waals surface area contributed by atoms with Crippen molar-refractivity contribution in [3.63, 3.8) is 0 Å². The Morgan fingerprint density at radius 2 is 0.852 bits per heavy atom. The number of furan rings is 1. The summed E-state index contributed by atoms with van der Waals surface area (Å²) in [6, 6.07) is 65.9. The molecule has 0 unspecified atom stereocenters. The Balaban J connectivity index is 0.928. The third-order valence-corrected chi connectivity index (χ3v) is 15.5. The fourth-order valence-corrected chi connectivity index (χ4v) is 13.0. The molecule has 7 aromatic carbocycles. The van der Waals surface area contributed by atoms with E-state index in [1.165, 1.54) is 98.0 Å². The fraction of sp³-hybridized carbons (Fsp3) is 0.276. The van der Waals surface area contributed by atoms with E-state index in [2.05, 4.69) is 180 Å². The average Bonchev–Trinajstić information content (AvgIpc) is 3.69. The Labute approximate surface area is 360 Å². The summed E-state index contributed by atoms with van der Waals surface area (Å²) in [4.78, 5) is 4.84. The van der Waals surface area contributed by atoms with Gasteiger partial charge in [-0.15, -0.1) is 0 Å². The van der Waals surface area contributed by atoms with Crippen molar-refractivity contribution in [1.29, 1.82) is 0 Å². The highest BCUT2D eigenvalue weighted by molar-refractivity contribution is 6.06. The van der Waals surface area contributed by atoms with Gasteiger partial charge in [-0.3, -0.25) is 0 Å². The van der Waals surface area contributed by atoms with Crippen LogP contribution in [0.2, 0.25) is 0 Å². The Morgan fingerprint density at radius 3 is 1.43 bits per heavy atom. The lowest BCUT2D eigenvalue weighted by atomic mass is 9.42. The SMILES string of the molecule is c1ccc(N(c2ccc(C3CCCCC3)cc2)c2ccc(C3(c4ccc(N(c5ccccc5)c5ccc6c(c5)oc5ccccc56)cc4)C4CC5CC(C4)CC3C5)cc2)cc1. The van der Waals surface area contributed by atoms with Crippen LogP contribution < -0.4 is 9.80 Å². The van der Waals surface area contributed by atoms with Crippen LogP contribution in [0.25, 0.3) is 21.9 Å². The maximum Gasteiger partial charge on any atom is 0.137 e. The van der Waals surface area contributed by atoms with Crippen LogP contribution in [0, 0.1) is 23.7 Å². The van der Waals surface area contributed by atoms with E-state index in [0.717, 1.165) is 50.8 Å². The van der Waals surface area contributed by atoms with Crippen molar-refractivity contribution >= 4 is 56.1 Å². The molecular weight excluding hydrogens is 741 g/mol. The minimum absolute atomic E-state index is 0.00549. The minimum atomic E-state index is -0.00549. The van der Waals surface area contributed by atoms with Gasteiger partial charge in [-0.1, -0.05) is 110 Å². The van der Waals surface area contributed by atoms with Gasteiger partial charge >= 0.3 is 0 Å². The predicted molar refractivity (Wildman–Crippen MR) is 253 cm³/mol. The molecular formula is C58H54N2O. The van der Waals surface area contributed by atoms with Crippen molar-refractivity contribution in [3.8, 4) is 0 Å². The Morgan fingerprint density at radius 1 is 0.393 bits per heavy atom. The van der Waals surface area contributed by atoms with Crippen molar-refractivity contribution in [2.45, 2.75) is 75.5 Å². The lowest BCUT2D eigenvalue weighted by molar-refractivity contribution is -0.0418. The molecule has 3 heteroatoms. The smallest absolute Gasteiger partial charge is 0.137 e. The van der Waals surface area contributed by atoms with Crippen molar-refractivity contribution in [2.24, 2.45) is 23.7 Å². The Bertz CT molecular complexity index is 2750. The molecule has 302 valence electrons. The molecule has 1 aromatic heterocycles. The summed E-state index contributed by atoms with van der Waals surface area (Å²) in [5.41, 5.74) is 13.3. The molecule has 0 aliphatic heterocycles. The number of rotatable bonds is 9. The largest absolute Gasteiger partial charge is 0.456 e. The number of hydrogen-bond acceptors (Lipinski definition) is 3. The summed E-state index contributed by atoms with van der Waals surface area (Å²) in [6.45, 7) is 0. The fourth-order valence-electron chi connectivity index (χ4n) is 13.0. The molecule has 3 nitrogen and oxygen atoms in total. The van der Waals surface area contributed by atoms with E-state index in [0.29, 0.717) is 17.8 Å². The quantitative estimate of drug-likeness (QED) is 0.145. The normalized spacial score (nSPS) is 23.4. The molecule has 5 aliphatic carbocycles. The summed E-state index contributed by atoms with van der Waals surface area (Å²) < 4.78 is 6.40. The van der Waals surface area contributed by atoms with Gasteiger partial charge in [0.05, 0.1) is 0 Å². The zero-order valence-electron chi connectivity index (χ0n) is 35.0. The van der Waals surface area contributed by atoms with Crippen LogP contribution >= 0.6 is 0 Å². The van der Waals surface area contributed by atoms with E-state index in [1.54, 1.807) is 0 Å². The molecule has 0 spiro atoms. The third-order valence-electron chi connectivity index (χ3n) is 15.5. The van der Waals surface area contributed by atoms with E-state index in [4.69, 9.17) is 4.42 Å². The van der Waals surface area contributed by atoms with E-state index < -0.39 is 0 Å². The zero-order valence-corrected chi connectivity index (χ0v) is 35.0. The molecule has 0 amide bonds. The highest BCUT2D eigenvalue weighted by Gasteiger charge is 2.58. The Hall–Kier alpha value is -6.06. The topological polar surface area (TPSA) is 19.6 Å². The minimum Gasteiger partial charge on any atom is -0.456 e. The van der Waals surface area contributed by atoms with Crippen LogP contribution in [0.15, 0.2) is 180 Å². The summed E-state index contributed by atoms with van der Waals surface area (Å²) >= 11 is 0. The second kappa shape index (κ2) is 15.1. The number of nitrogens with zero attached hydrogens (tertiary/aromatic N) is 2. The summed E-state index contributed by atoms with van der Waals surface area (Å²) in [5.74, 6) is 3.76. The molecule has 0 saturated heterocycles. The maximum atomic E-state index is 6.40. The highest BCUT2D eigenvalue weighted by atomic mass is 16.3.